The summed E-state index contributed by atoms with van der Waals surface area (Å²) >= 11 is 6.10. The van der Waals surface area contributed by atoms with Gasteiger partial charge in [-0.15, -0.1) is 0 Å². The second-order valence-corrected chi connectivity index (χ2v) is 5.38. The van der Waals surface area contributed by atoms with E-state index in [1.54, 1.807) is 6.07 Å². The van der Waals surface area contributed by atoms with E-state index < -0.39 is 0 Å². The van der Waals surface area contributed by atoms with Gasteiger partial charge in [0.2, 0.25) is 0 Å². The number of imidazole rings is 1. The molecule has 3 nitrogen and oxygen atoms in total. The van der Waals surface area contributed by atoms with E-state index in [1.807, 2.05) is 36.4 Å². The van der Waals surface area contributed by atoms with Gasteiger partial charge in [0.25, 0.3) is 0 Å². The summed E-state index contributed by atoms with van der Waals surface area (Å²) in [5, 5.41) is 0.562. The Labute approximate surface area is 120 Å². The minimum absolute atomic E-state index is 0.143. The molecule has 0 aliphatic carbocycles. The maximum Gasteiger partial charge on any atom is 0.166 e. The Morgan fingerprint density at radius 2 is 1.95 bits per heavy atom. The number of nitrogens with zero attached hydrogens (tertiary/aromatic N) is 2. The van der Waals surface area contributed by atoms with Gasteiger partial charge in [-0.3, -0.25) is 4.79 Å². The van der Waals surface area contributed by atoms with E-state index in [4.69, 9.17) is 11.6 Å². The van der Waals surface area contributed by atoms with Crippen molar-refractivity contribution in [3.05, 3.63) is 53.1 Å². The van der Waals surface area contributed by atoms with Gasteiger partial charge in [-0.05, 0) is 12.1 Å². The summed E-state index contributed by atoms with van der Waals surface area (Å²) in [7, 11) is 0. The molecule has 3 aromatic rings. The Morgan fingerprint density at radius 1 is 1.15 bits per heavy atom. The summed E-state index contributed by atoms with van der Waals surface area (Å²) in [5.74, 6) is 1.04. The van der Waals surface area contributed by atoms with Gasteiger partial charge >= 0.3 is 0 Å². The van der Waals surface area contributed by atoms with E-state index in [-0.39, 0.29) is 5.78 Å². The molecule has 0 N–H and O–H groups in total. The lowest BCUT2D eigenvalue weighted by Gasteiger charge is -2.16. The standard InChI is InChI=1S/C16H11ClN2O/c17-11-8-12-14(20)6-7-19-15(12)13(9-11)18-16(19)10-4-2-1-3-5-10/h1-5,8-9H,6-7H2. The molecule has 0 amide bonds. The fourth-order valence-electron chi connectivity index (χ4n) is 2.82. The van der Waals surface area contributed by atoms with Crippen LogP contribution in [0.1, 0.15) is 16.8 Å². The second-order valence-electron chi connectivity index (χ2n) is 4.95. The zero-order valence-electron chi connectivity index (χ0n) is 10.6. The monoisotopic (exact) mass is 282 g/mol. The highest BCUT2D eigenvalue weighted by molar-refractivity contribution is 6.32. The number of rotatable bonds is 1. The molecule has 98 valence electrons. The second kappa shape index (κ2) is 4.18. The van der Waals surface area contributed by atoms with Gasteiger partial charge in [0.15, 0.2) is 5.78 Å². The first-order valence-corrected chi connectivity index (χ1v) is 6.90. The Morgan fingerprint density at radius 3 is 2.75 bits per heavy atom. The number of aromatic nitrogens is 2. The van der Waals surface area contributed by atoms with Crippen LogP contribution in [0.4, 0.5) is 0 Å². The minimum atomic E-state index is 0.143. The predicted octanol–water partition coefficient (Wildman–Crippen LogP) is 3.94. The van der Waals surface area contributed by atoms with Crippen LogP contribution in [0, 0.1) is 0 Å². The van der Waals surface area contributed by atoms with Crippen molar-refractivity contribution in [2.45, 2.75) is 13.0 Å². The first kappa shape index (κ1) is 11.7. The molecule has 0 spiro atoms. The molecule has 0 atom stereocenters. The van der Waals surface area contributed by atoms with Crippen molar-refractivity contribution >= 4 is 28.4 Å². The number of carbonyl (C=O) groups excluding carboxylic acids is 1. The van der Waals surface area contributed by atoms with Crippen LogP contribution in [-0.4, -0.2) is 15.3 Å². The molecule has 0 saturated carbocycles. The largest absolute Gasteiger partial charge is 0.323 e. The van der Waals surface area contributed by atoms with E-state index in [0.717, 1.165) is 22.4 Å². The van der Waals surface area contributed by atoms with E-state index in [2.05, 4.69) is 9.55 Å². The molecule has 0 radical (unpaired) electrons. The molecule has 0 fully saturated rings. The van der Waals surface area contributed by atoms with Gasteiger partial charge in [-0.2, -0.15) is 0 Å². The number of benzene rings is 2. The van der Waals surface area contributed by atoms with E-state index in [9.17, 15) is 4.79 Å². The van der Waals surface area contributed by atoms with Crippen molar-refractivity contribution in [3.63, 3.8) is 0 Å². The van der Waals surface area contributed by atoms with Crippen LogP contribution in [-0.2, 0) is 6.54 Å². The quantitative estimate of drug-likeness (QED) is 0.677. The number of hydrogen-bond acceptors (Lipinski definition) is 2. The molecular formula is C16H11ClN2O. The van der Waals surface area contributed by atoms with Crippen LogP contribution >= 0.6 is 11.6 Å². The number of ketones is 1. The van der Waals surface area contributed by atoms with Crippen LogP contribution < -0.4 is 0 Å². The van der Waals surface area contributed by atoms with Crippen molar-refractivity contribution in [2.75, 3.05) is 0 Å². The summed E-state index contributed by atoms with van der Waals surface area (Å²) in [5.41, 5.74) is 3.44. The lowest BCUT2D eigenvalue weighted by Crippen LogP contribution is -2.14. The van der Waals surface area contributed by atoms with Crippen LogP contribution in [0.5, 0.6) is 0 Å². The zero-order chi connectivity index (χ0) is 13.7. The average Bonchev–Trinajstić information content (AvgIpc) is 2.83. The summed E-state index contributed by atoms with van der Waals surface area (Å²) in [4.78, 5) is 16.7. The normalized spacial score (nSPS) is 13.9. The predicted molar refractivity (Wildman–Crippen MR) is 79.1 cm³/mol. The first-order chi connectivity index (χ1) is 9.74. The number of aryl methyl sites for hydroxylation is 1. The Bertz CT molecular complexity index is 837. The fraction of sp³-hybridized carbons (Fsp3) is 0.125. The van der Waals surface area contributed by atoms with Gasteiger partial charge in [0.05, 0.1) is 11.0 Å². The lowest BCUT2D eigenvalue weighted by molar-refractivity contribution is 0.0973. The van der Waals surface area contributed by atoms with Crippen molar-refractivity contribution in [3.8, 4) is 11.4 Å². The van der Waals surface area contributed by atoms with Crippen LogP contribution in [0.25, 0.3) is 22.4 Å². The van der Waals surface area contributed by atoms with Crippen molar-refractivity contribution in [1.29, 1.82) is 0 Å². The SMILES string of the molecule is O=C1CCn2c(-c3ccccc3)nc3cc(Cl)cc1c32. The maximum absolute atomic E-state index is 12.1. The molecular weight excluding hydrogens is 272 g/mol. The van der Waals surface area contributed by atoms with Crippen molar-refractivity contribution < 1.29 is 4.79 Å². The number of halogens is 1. The highest BCUT2D eigenvalue weighted by Gasteiger charge is 2.24. The van der Waals surface area contributed by atoms with E-state index in [0.29, 0.717) is 23.6 Å². The summed E-state index contributed by atoms with van der Waals surface area (Å²) in [6, 6.07) is 13.6. The third-order valence-electron chi connectivity index (χ3n) is 3.70. The summed E-state index contributed by atoms with van der Waals surface area (Å²) < 4.78 is 2.12. The van der Waals surface area contributed by atoms with Gasteiger partial charge < -0.3 is 4.57 Å². The summed E-state index contributed by atoms with van der Waals surface area (Å²) in [6.45, 7) is 0.675. The topological polar surface area (TPSA) is 34.9 Å². The third-order valence-corrected chi connectivity index (χ3v) is 3.92. The molecule has 4 rings (SSSR count). The van der Waals surface area contributed by atoms with Gasteiger partial charge in [-0.25, -0.2) is 4.98 Å². The molecule has 2 heterocycles. The molecule has 0 saturated heterocycles. The summed E-state index contributed by atoms with van der Waals surface area (Å²) in [6.07, 6.45) is 0.499. The Kier molecular flexibility index (Phi) is 2.44. The smallest absolute Gasteiger partial charge is 0.166 e. The highest BCUT2D eigenvalue weighted by Crippen LogP contribution is 2.33. The van der Waals surface area contributed by atoms with Gasteiger partial charge in [0.1, 0.15) is 5.82 Å². The number of Topliss-reactive ketones (excluding diaryl/α,β-unsaturated/α-hetero) is 1. The van der Waals surface area contributed by atoms with E-state index >= 15 is 0 Å². The third kappa shape index (κ3) is 1.60. The van der Waals surface area contributed by atoms with Crippen molar-refractivity contribution in [2.24, 2.45) is 0 Å². The van der Waals surface area contributed by atoms with E-state index in [1.165, 1.54) is 0 Å². The molecule has 0 bridgehead atoms. The van der Waals surface area contributed by atoms with Gasteiger partial charge in [0, 0.05) is 29.1 Å². The number of carbonyl (C=O) groups is 1. The average molecular weight is 283 g/mol. The zero-order valence-corrected chi connectivity index (χ0v) is 11.4. The number of hydrogen-bond donors (Lipinski definition) is 0. The van der Waals surface area contributed by atoms with Crippen LogP contribution in [0.3, 0.4) is 0 Å². The van der Waals surface area contributed by atoms with Crippen LogP contribution in [0.15, 0.2) is 42.5 Å². The van der Waals surface area contributed by atoms with Gasteiger partial charge in [-0.1, -0.05) is 41.9 Å². The Balaban J connectivity index is 2.09. The highest BCUT2D eigenvalue weighted by atomic mass is 35.5. The van der Waals surface area contributed by atoms with Crippen LogP contribution in [0.2, 0.25) is 5.02 Å². The lowest BCUT2D eigenvalue weighted by atomic mass is 10.0. The van der Waals surface area contributed by atoms with Crippen molar-refractivity contribution in [1.82, 2.24) is 9.55 Å². The molecule has 1 aliphatic heterocycles. The molecule has 0 unspecified atom stereocenters. The Hall–Kier alpha value is -2.13. The first-order valence-electron chi connectivity index (χ1n) is 6.52. The molecule has 20 heavy (non-hydrogen) atoms. The molecule has 2 aromatic carbocycles. The minimum Gasteiger partial charge on any atom is -0.323 e. The molecule has 1 aliphatic rings. The molecule has 1 aromatic heterocycles. The molecule has 4 heteroatoms. The fourth-order valence-corrected chi connectivity index (χ4v) is 3.03. The maximum atomic E-state index is 12.1.